The maximum atomic E-state index is 13.0. The summed E-state index contributed by atoms with van der Waals surface area (Å²) >= 11 is 1.26. The van der Waals surface area contributed by atoms with Crippen LogP contribution in [0.3, 0.4) is 0 Å². The Labute approximate surface area is 221 Å². The van der Waals surface area contributed by atoms with Gasteiger partial charge in [-0.2, -0.15) is 4.31 Å². The van der Waals surface area contributed by atoms with E-state index in [2.05, 4.69) is 20.4 Å². The zero-order valence-electron chi connectivity index (χ0n) is 21.0. The lowest BCUT2D eigenvalue weighted by molar-refractivity contribution is -0.113. The summed E-state index contributed by atoms with van der Waals surface area (Å²) in [5.41, 5.74) is 1.83. The number of carbonyl (C=O) groups is 2. The van der Waals surface area contributed by atoms with Crippen molar-refractivity contribution in [2.75, 3.05) is 44.3 Å². The van der Waals surface area contributed by atoms with Crippen LogP contribution < -0.4 is 5.32 Å². The second-order valence-corrected chi connectivity index (χ2v) is 11.6. The van der Waals surface area contributed by atoms with Crippen molar-refractivity contribution < 1.29 is 18.0 Å². The highest BCUT2D eigenvalue weighted by molar-refractivity contribution is 7.99. The molecule has 0 unspecified atom stereocenters. The number of piperazine rings is 1. The molecule has 196 valence electrons. The number of anilines is 1. The van der Waals surface area contributed by atoms with E-state index in [1.165, 1.54) is 23.0 Å². The number of benzene rings is 2. The Bertz CT molecular complexity index is 1380. The summed E-state index contributed by atoms with van der Waals surface area (Å²) < 4.78 is 29.4. The van der Waals surface area contributed by atoms with Crippen molar-refractivity contribution in [1.29, 1.82) is 0 Å². The molecule has 1 aromatic heterocycles. The van der Waals surface area contributed by atoms with E-state index in [1.54, 1.807) is 48.5 Å². The lowest BCUT2D eigenvalue weighted by Gasteiger charge is -2.31. The molecule has 2 heterocycles. The first-order valence-corrected chi connectivity index (χ1v) is 14.4. The molecule has 0 radical (unpaired) electrons. The van der Waals surface area contributed by atoms with Crippen LogP contribution in [0.25, 0.3) is 11.4 Å². The number of likely N-dealkylation sites (N-methyl/N-ethyl adjacent to an activating group) is 1. The Balaban J connectivity index is 1.43. The van der Waals surface area contributed by atoms with Crippen LogP contribution in [0.4, 0.5) is 5.69 Å². The molecule has 0 aliphatic carbocycles. The predicted molar refractivity (Wildman–Crippen MR) is 143 cm³/mol. The van der Waals surface area contributed by atoms with Crippen molar-refractivity contribution in [3.63, 3.8) is 0 Å². The molecule has 0 bridgehead atoms. The summed E-state index contributed by atoms with van der Waals surface area (Å²) in [5.74, 6) is 0.420. The second kappa shape index (κ2) is 11.5. The molecule has 2 aromatic carbocycles. The zero-order valence-corrected chi connectivity index (χ0v) is 22.7. The molecule has 37 heavy (non-hydrogen) atoms. The Morgan fingerprint density at radius 3 is 2.38 bits per heavy atom. The Hall–Kier alpha value is -3.06. The van der Waals surface area contributed by atoms with Crippen LogP contribution in [0.1, 0.15) is 24.2 Å². The molecule has 10 nitrogen and oxygen atoms in total. The summed E-state index contributed by atoms with van der Waals surface area (Å²) in [7, 11) is -1.57. The van der Waals surface area contributed by atoms with Gasteiger partial charge >= 0.3 is 0 Å². The van der Waals surface area contributed by atoms with Gasteiger partial charge in [-0.25, -0.2) is 8.42 Å². The minimum atomic E-state index is -3.55. The number of rotatable bonds is 9. The van der Waals surface area contributed by atoms with Crippen molar-refractivity contribution in [3.05, 3.63) is 54.1 Å². The third-order valence-electron chi connectivity index (χ3n) is 6.13. The minimum absolute atomic E-state index is 0.0704. The number of sulfonamides is 1. The van der Waals surface area contributed by atoms with Gasteiger partial charge in [0.2, 0.25) is 15.9 Å². The second-order valence-electron chi connectivity index (χ2n) is 8.76. The van der Waals surface area contributed by atoms with Gasteiger partial charge in [-0.05, 0) is 57.3 Å². The third kappa shape index (κ3) is 6.27. The number of aromatic nitrogens is 3. The summed E-state index contributed by atoms with van der Waals surface area (Å²) in [5, 5.41) is 11.9. The van der Waals surface area contributed by atoms with E-state index in [1.807, 2.05) is 18.5 Å². The van der Waals surface area contributed by atoms with E-state index < -0.39 is 10.0 Å². The summed E-state index contributed by atoms with van der Waals surface area (Å²) in [6.07, 6.45) is 0. The molecule has 0 saturated carbocycles. The van der Waals surface area contributed by atoms with Gasteiger partial charge in [0.25, 0.3) is 0 Å². The highest BCUT2D eigenvalue weighted by Gasteiger charge is 2.27. The van der Waals surface area contributed by atoms with Gasteiger partial charge in [0.1, 0.15) is 0 Å². The number of ketones is 1. The van der Waals surface area contributed by atoms with Gasteiger partial charge in [0, 0.05) is 49.5 Å². The van der Waals surface area contributed by atoms with Crippen molar-refractivity contribution in [2.45, 2.75) is 30.4 Å². The number of amides is 1. The molecule has 1 amide bonds. The van der Waals surface area contributed by atoms with Crippen molar-refractivity contribution in [2.24, 2.45) is 0 Å². The number of Topliss-reactive ketones (excluding diaryl/α,β-unsaturated/α-hetero) is 1. The van der Waals surface area contributed by atoms with E-state index in [4.69, 9.17) is 0 Å². The van der Waals surface area contributed by atoms with Crippen LogP contribution in [0, 0.1) is 0 Å². The number of nitrogens with one attached hydrogen (secondary N) is 1. The molecular formula is C25H30N6O4S2. The highest BCUT2D eigenvalue weighted by atomic mass is 32.2. The van der Waals surface area contributed by atoms with Crippen molar-refractivity contribution >= 4 is 39.2 Å². The van der Waals surface area contributed by atoms with Gasteiger partial charge in [0.15, 0.2) is 16.8 Å². The Kier molecular flexibility index (Phi) is 8.42. The largest absolute Gasteiger partial charge is 0.325 e. The molecule has 12 heteroatoms. The molecule has 1 aliphatic rings. The summed E-state index contributed by atoms with van der Waals surface area (Å²) in [6.45, 7) is 6.37. The normalized spacial score (nSPS) is 15.0. The fourth-order valence-corrected chi connectivity index (χ4v) is 6.22. The fourth-order valence-electron chi connectivity index (χ4n) is 3.99. The molecular weight excluding hydrogens is 512 g/mol. The molecule has 1 saturated heterocycles. The number of carbonyl (C=O) groups excluding carboxylic acids is 2. The highest BCUT2D eigenvalue weighted by Crippen LogP contribution is 2.26. The van der Waals surface area contributed by atoms with Crippen LogP contribution >= 0.6 is 11.8 Å². The van der Waals surface area contributed by atoms with Crippen LogP contribution in [0.5, 0.6) is 0 Å². The van der Waals surface area contributed by atoms with E-state index in [0.29, 0.717) is 55.0 Å². The molecule has 3 aromatic rings. The van der Waals surface area contributed by atoms with E-state index in [9.17, 15) is 18.0 Å². The Morgan fingerprint density at radius 2 is 1.73 bits per heavy atom. The predicted octanol–water partition coefficient (Wildman–Crippen LogP) is 2.83. The molecule has 0 atom stereocenters. The quantitative estimate of drug-likeness (QED) is 0.324. The van der Waals surface area contributed by atoms with Gasteiger partial charge in [-0.3, -0.25) is 9.59 Å². The number of hydrogen-bond acceptors (Lipinski definition) is 8. The van der Waals surface area contributed by atoms with E-state index >= 15 is 0 Å². The first kappa shape index (κ1) is 27.0. The third-order valence-corrected chi connectivity index (χ3v) is 9.01. The van der Waals surface area contributed by atoms with Gasteiger partial charge in [-0.15, -0.1) is 10.2 Å². The van der Waals surface area contributed by atoms with E-state index in [-0.39, 0.29) is 22.3 Å². The SMILES string of the molecule is CCn1c(SCC(=O)Nc2cccc(C(C)=O)c2)nnc1-c1ccc(S(=O)(=O)N2CCN(C)CC2)cc1. The standard InChI is InChI=1S/C25H30N6O4S2/c1-4-31-24(19-8-10-22(11-9-19)37(34,35)30-14-12-29(3)13-15-30)27-28-25(31)36-17-23(33)26-21-7-5-6-20(16-21)18(2)32/h5-11,16H,4,12-15,17H2,1-3H3,(H,26,33). The van der Waals surface area contributed by atoms with Crippen LogP contribution in [-0.4, -0.2) is 83.1 Å². The number of nitrogens with zero attached hydrogens (tertiary/aromatic N) is 5. The monoisotopic (exact) mass is 542 g/mol. The fraction of sp³-hybridized carbons (Fsp3) is 0.360. The molecule has 1 fully saturated rings. The van der Waals surface area contributed by atoms with Gasteiger partial charge in [-0.1, -0.05) is 23.9 Å². The zero-order chi connectivity index (χ0) is 26.6. The Morgan fingerprint density at radius 1 is 1.03 bits per heavy atom. The average Bonchev–Trinajstić information content (AvgIpc) is 3.31. The van der Waals surface area contributed by atoms with Gasteiger partial charge < -0.3 is 14.8 Å². The van der Waals surface area contributed by atoms with Crippen LogP contribution in [-0.2, 0) is 21.4 Å². The molecule has 1 aliphatic heterocycles. The van der Waals surface area contributed by atoms with Crippen LogP contribution in [0.15, 0.2) is 58.6 Å². The van der Waals surface area contributed by atoms with Gasteiger partial charge in [0.05, 0.1) is 10.6 Å². The summed E-state index contributed by atoms with van der Waals surface area (Å²) in [4.78, 5) is 26.4. The van der Waals surface area contributed by atoms with Crippen molar-refractivity contribution in [3.8, 4) is 11.4 Å². The van der Waals surface area contributed by atoms with Crippen molar-refractivity contribution in [1.82, 2.24) is 24.0 Å². The molecule has 0 spiro atoms. The minimum Gasteiger partial charge on any atom is -0.325 e. The smallest absolute Gasteiger partial charge is 0.243 e. The topological polar surface area (TPSA) is 117 Å². The summed E-state index contributed by atoms with van der Waals surface area (Å²) in [6, 6.07) is 13.5. The maximum Gasteiger partial charge on any atom is 0.243 e. The average molecular weight is 543 g/mol. The first-order chi connectivity index (χ1) is 17.7. The maximum absolute atomic E-state index is 13.0. The lowest BCUT2D eigenvalue weighted by atomic mass is 10.1. The lowest BCUT2D eigenvalue weighted by Crippen LogP contribution is -2.46. The molecule has 4 rings (SSSR count). The van der Waals surface area contributed by atoms with E-state index in [0.717, 1.165) is 5.56 Å². The molecule has 1 N–H and O–H groups in total. The number of thioether (sulfide) groups is 1. The number of hydrogen-bond donors (Lipinski definition) is 1. The van der Waals surface area contributed by atoms with Crippen LogP contribution in [0.2, 0.25) is 0 Å². The first-order valence-electron chi connectivity index (χ1n) is 11.9.